The summed E-state index contributed by atoms with van der Waals surface area (Å²) in [4.78, 5) is 11.0. The molecule has 4 heteroatoms. The number of hydrogen-bond donors (Lipinski definition) is 2. The summed E-state index contributed by atoms with van der Waals surface area (Å²) in [6, 6.07) is 13.5. The van der Waals surface area contributed by atoms with Gasteiger partial charge in [0, 0.05) is 5.56 Å². The third-order valence-corrected chi connectivity index (χ3v) is 2.40. The molecular weight excluding hydrogens is 202 g/mol. The number of nitrogens with zero attached hydrogens (tertiary/aromatic N) is 2. The van der Waals surface area contributed by atoms with Gasteiger partial charge in [0.2, 0.25) is 0 Å². The van der Waals surface area contributed by atoms with Crippen molar-refractivity contribution in [1.29, 1.82) is 0 Å². The van der Waals surface area contributed by atoms with Crippen molar-refractivity contribution in [3.8, 4) is 17.3 Å². The molecule has 3 rings (SSSR count). The summed E-state index contributed by atoms with van der Waals surface area (Å²) in [5.41, 5.74) is 3.14. The molecule has 0 aliphatic heterocycles. The molecule has 0 unspecified atom stereocenters. The van der Waals surface area contributed by atoms with E-state index in [2.05, 4.69) is 15.0 Å². The molecule has 78 valence electrons. The Bertz CT molecular complexity index is 631. The Kier molecular flexibility index (Phi) is 1.86. The van der Waals surface area contributed by atoms with Gasteiger partial charge >= 0.3 is 0 Å². The first-order chi connectivity index (χ1) is 7.83. The largest absolute Gasteiger partial charge is 0.480 e. The van der Waals surface area contributed by atoms with Crippen molar-refractivity contribution in [2.75, 3.05) is 0 Å². The van der Waals surface area contributed by atoms with E-state index in [9.17, 15) is 5.11 Å². The number of aromatic amines is 1. The molecular formula is C12H9N3O. The van der Waals surface area contributed by atoms with Crippen LogP contribution in [0.3, 0.4) is 0 Å². The standard InChI is InChI=1S/C12H9N3O/c16-12-14-10-7-6-9(13-11(10)15-12)8-4-2-1-3-5-8/h1-7H,(H2,13,14,15,16). The van der Waals surface area contributed by atoms with Crippen molar-refractivity contribution in [3.05, 3.63) is 42.5 Å². The highest BCUT2D eigenvalue weighted by Gasteiger charge is 2.04. The first kappa shape index (κ1) is 8.91. The molecule has 0 amide bonds. The van der Waals surface area contributed by atoms with Crippen molar-refractivity contribution >= 4 is 11.2 Å². The fraction of sp³-hybridized carbons (Fsp3) is 0. The molecule has 0 spiro atoms. The van der Waals surface area contributed by atoms with Crippen molar-refractivity contribution in [2.45, 2.75) is 0 Å². The number of pyridine rings is 1. The predicted octanol–water partition coefficient (Wildman–Crippen LogP) is 2.33. The lowest BCUT2D eigenvalue weighted by molar-refractivity contribution is 0.438. The van der Waals surface area contributed by atoms with E-state index in [-0.39, 0.29) is 6.01 Å². The second kappa shape index (κ2) is 3.34. The van der Waals surface area contributed by atoms with E-state index < -0.39 is 0 Å². The van der Waals surface area contributed by atoms with Gasteiger partial charge in [-0.3, -0.25) is 0 Å². The van der Waals surface area contributed by atoms with Gasteiger partial charge in [0.1, 0.15) is 0 Å². The van der Waals surface area contributed by atoms with Gasteiger partial charge in [0.15, 0.2) is 5.65 Å². The molecule has 0 fully saturated rings. The average Bonchev–Trinajstić information content (AvgIpc) is 2.69. The van der Waals surface area contributed by atoms with Crippen LogP contribution < -0.4 is 0 Å². The number of hydrogen-bond acceptors (Lipinski definition) is 3. The molecule has 16 heavy (non-hydrogen) atoms. The maximum atomic E-state index is 9.21. The fourth-order valence-electron chi connectivity index (χ4n) is 1.65. The lowest BCUT2D eigenvalue weighted by atomic mass is 10.1. The Morgan fingerprint density at radius 2 is 1.75 bits per heavy atom. The smallest absolute Gasteiger partial charge is 0.293 e. The monoisotopic (exact) mass is 211 g/mol. The normalized spacial score (nSPS) is 10.8. The number of aromatic hydroxyl groups is 1. The molecule has 0 saturated heterocycles. The minimum absolute atomic E-state index is 0.104. The first-order valence-electron chi connectivity index (χ1n) is 4.94. The highest BCUT2D eigenvalue weighted by atomic mass is 16.3. The second-order valence-electron chi connectivity index (χ2n) is 3.49. The summed E-state index contributed by atoms with van der Waals surface area (Å²) in [7, 11) is 0. The molecule has 0 aliphatic carbocycles. The van der Waals surface area contributed by atoms with E-state index in [4.69, 9.17) is 0 Å². The van der Waals surface area contributed by atoms with Gasteiger partial charge in [0.05, 0.1) is 11.2 Å². The van der Waals surface area contributed by atoms with Gasteiger partial charge in [-0.1, -0.05) is 30.3 Å². The molecule has 0 saturated carbocycles. The van der Waals surface area contributed by atoms with Crippen molar-refractivity contribution in [2.24, 2.45) is 0 Å². The van der Waals surface area contributed by atoms with Crippen LogP contribution in [0.5, 0.6) is 6.01 Å². The quantitative estimate of drug-likeness (QED) is 0.649. The number of nitrogens with one attached hydrogen (secondary N) is 1. The molecule has 1 aromatic carbocycles. The number of benzene rings is 1. The molecule has 0 bridgehead atoms. The van der Waals surface area contributed by atoms with Crippen LogP contribution in [0.25, 0.3) is 22.4 Å². The summed E-state index contributed by atoms with van der Waals surface area (Å²) < 4.78 is 0. The Hall–Kier alpha value is -2.36. The van der Waals surface area contributed by atoms with E-state index >= 15 is 0 Å². The minimum atomic E-state index is -0.104. The van der Waals surface area contributed by atoms with Crippen molar-refractivity contribution in [3.63, 3.8) is 0 Å². The summed E-state index contributed by atoms with van der Waals surface area (Å²) >= 11 is 0. The average molecular weight is 211 g/mol. The van der Waals surface area contributed by atoms with E-state index in [0.29, 0.717) is 5.65 Å². The zero-order chi connectivity index (χ0) is 11.0. The Balaban J connectivity index is 2.18. The molecule has 4 nitrogen and oxygen atoms in total. The Morgan fingerprint density at radius 3 is 2.56 bits per heavy atom. The molecule has 0 radical (unpaired) electrons. The topological polar surface area (TPSA) is 61.8 Å². The Labute approximate surface area is 91.6 Å². The number of fused-ring (bicyclic) bond motifs is 1. The maximum absolute atomic E-state index is 9.21. The van der Waals surface area contributed by atoms with Crippen molar-refractivity contribution in [1.82, 2.24) is 15.0 Å². The minimum Gasteiger partial charge on any atom is -0.480 e. The summed E-state index contributed by atoms with van der Waals surface area (Å²) in [5.74, 6) is 0. The van der Waals surface area contributed by atoms with Crippen LogP contribution in [0.1, 0.15) is 0 Å². The molecule has 0 atom stereocenters. The third kappa shape index (κ3) is 1.40. The summed E-state index contributed by atoms with van der Waals surface area (Å²) in [6.45, 7) is 0. The van der Waals surface area contributed by atoms with E-state index in [1.165, 1.54) is 0 Å². The number of rotatable bonds is 1. The molecule has 3 aromatic rings. The van der Waals surface area contributed by atoms with Crippen LogP contribution in [0.4, 0.5) is 0 Å². The van der Waals surface area contributed by atoms with E-state index in [1.807, 2.05) is 42.5 Å². The zero-order valence-electron chi connectivity index (χ0n) is 8.38. The highest BCUT2D eigenvalue weighted by molar-refractivity contribution is 5.75. The summed E-state index contributed by atoms with van der Waals surface area (Å²) in [6.07, 6.45) is 0. The van der Waals surface area contributed by atoms with Gasteiger partial charge in [-0.15, -0.1) is 0 Å². The number of imidazole rings is 1. The lowest BCUT2D eigenvalue weighted by Gasteiger charge is -1.98. The first-order valence-corrected chi connectivity index (χ1v) is 4.94. The van der Waals surface area contributed by atoms with Crippen LogP contribution in [-0.4, -0.2) is 20.1 Å². The van der Waals surface area contributed by atoms with Crippen LogP contribution in [0.2, 0.25) is 0 Å². The Morgan fingerprint density at radius 1 is 0.938 bits per heavy atom. The maximum Gasteiger partial charge on any atom is 0.293 e. The van der Waals surface area contributed by atoms with Crippen molar-refractivity contribution < 1.29 is 5.11 Å². The second-order valence-corrected chi connectivity index (χ2v) is 3.49. The van der Waals surface area contributed by atoms with Gasteiger partial charge in [-0.05, 0) is 12.1 Å². The highest BCUT2D eigenvalue weighted by Crippen LogP contribution is 2.20. The fourth-order valence-corrected chi connectivity index (χ4v) is 1.65. The van der Waals surface area contributed by atoms with Gasteiger partial charge in [0.25, 0.3) is 6.01 Å². The van der Waals surface area contributed by atoms with Crippen LogP contribution >= 0.6 is 0 Å². The summed E-state index contributed by atoms with van der Waals surface area (Å²) in [5, 5.41) is 9.21. The van der Waals surface area contributed by atoms with Gasteiger partial charge in [-0.2, -0.15) is 4.98 Å². The van der Waals surface area contributed by atoms with Crippen LogP contribution in [0.15, 0.2) is 42.5 Å². The van der Waals surface area contributed by atoms with E-state index in [1.54, 1.807) is 0 Å². The molecule has 0 aliphatic rings. The molecule has 2 aromatic heterocycles. The molecule has 2 heterocycles. The predicted molar refractivity (Wildman–Crippen MR) is 61.0 cm³/mol. The number of aromatic nitrogens is 3. The SMILES string of the molecule is Oc1nc2nc(-c3ccccc3)ccc2[nH]1. The van der Waals surface area contributed by atoms with Crippen LogP contribution in [-0.2, 0) is 0 Å². The zero-order valence-corrected chi connectivity index (χ0v) is 8.38. The van der Waals surface area contributed by atoms with E-state index in [0.717, 1.165) is 16.8 Å². The third-order valence-electron chi connectivity index (χ3n) is 2.40. The lowest BCUT2D eigenvalue weighted by Crippen LogP contribution is -1.83. The molecule has 2 N–H and O–H groups in total. The van der Waals surface area contributed by atoms with Gasteiger partial charge < -0.3 is 10.1 Å². The number of H-pyrrole nitrogens is 1. The van der Waals surface area contributed by atoms with Gasteiger partial charge in [-0.25, -0.2) is 4.98 Å². The van der Waals surface area contributed by atoms with Crippen LogP contribution in [0, 0.1) is 0 Å².